The molecule has 0 amide bonds. The number of ether oxygens (including phenoxy) is 1. The Balaban J connectivity index is 2.16. The summed E-state index contributed by atoms with van der Waals surface area (Å²) < 4.78 is 5.30. The van der Waals surface area contributed by atoms with Gasteiger partial charge in [-0.25, -0.2) is 0 Å². The van der Waals surface area contributed by atoms with E-state index in [1.807, 2.05) is 39.2 Å². The molecule has 0 aliphatic heterocycles. The monoisotopic (exact) mass is 329 g/mol. The zero-order valence-corrected chi connectivity index (χ0v) is 14.4. The standard InChI is InChI=1S/C18H23N3O3/c1-13-10-15(21(22)23)8-9-17(13)19-12-18(20(2)3)14-6-5-7-16(11-14)24-4/h5-11,18-19H,12H2,1-4H3. The van der Waals surface area contributed by atoms with Gasteiger partial charge in [-0.2, -0.15) is 0 Å². The third kappa shape index (κ3) is 4.23. The molecule has 0 aromatic heterocycles. The van der Waals surface area contributed by atoms with E-state index in [0.29, 0.717) is 6.54 Å². The predicted octanol–water partition coefficient (Wildman–Crippen LogP) is 3.63. The van der Waals surface area contributed by atoms with E-state index in [4.69, 9.17) is 4.74 Å². The van der Waals surface area contributed by atoms with Crippen LogP contribution in [0.3, 0.4) is 0 Å². The van der Waals surface area contributed by atoms with Crippen molar-refractivity contribution in [1.29, 1.82) is 0 Å². The molecular weight excluding hydrogens is 306 g/mol. The summed E-state index contributed by atoms with van der Waals surface area (Å²) >= 11 is 0. The fourth-order valence-corrected chi connectivity index (χ4v) is 2.61. The Morgan fingerprint density at radius 3 is 2.58 bits per heavy atom. The highest BCUT2D eigenvalue weighted by atomic mass is 16.6. The maximum Gasteiger partial charge on any atom is 0.269 e. The Bertz CT molecular complexity index is 716. The van der Waals surface area contributed by atoms with Crippen molar-refractivity contribution in [2.75, 3.05) is 33.1 Å². The first-order chi connectivity index (χ1) is 11.4. The molecule has 6 heteroatoms. The highest BCUT2D eigenvalue weighted by Crippen LogP contribution is 2.25. The van der Waals surface area contributed by atoms with E-state index in [2.05, 4.69) is 16.3 Å². The predicted molar refractivity (Wildman–Crippen MR) is 95.7 cm³/mol. The lowest BCUT2D eigenvalue weighted by molar-refractivity contribution is -0.384. The number of rotatable bonds is 7. The highest BCUT2D eigenvalue weighted by Gasteiger charge is 2.16. The van der Waals surface area contributed by atoms with Crippen molar-refractivity contribution in [2.24, 2.45) is 0 Å². The molecule has 0 spiro atoms. The van der Waals surface area contributed by atoms with Gasteiger partial charge >= 0.3 is 0 Å². The van der Waals surface area contributed by atoms with Crippen LogP contribution in [-0.4, -0.2) is 37.6 Å². The third-order valence-electron chi connectivity index (χ3n) is 4.01. The van der Waals surface area contributed by atoms with Crippen LogP contribution < -0.4 is 10.1 Å². The first kappa shape index (κ1) is 17.7. The number of likely N-dealkylation sites (N-methyl/N-ethyl adjacent to an activating group) is 1. The maximum atomic E-state index is 10.8. The molecule has 6 nitrogen and oxygen atoms in total. The molecule has 2 rings (SSSR count). The Morgan fingerprint density at radius 2 is 2.00 bits per heavy atom. The maximum absolute atomic E-state index is 10.8. The van der Waals surface area contributed by atoms with Gasteiger partial charge in [-0.15, -0.1) is 0 Å². The molecule has 0 saturated carbocycles. The molecule has 0 bridgehead atoms. The molecule has 0 saturated heterocycles. The van der Waals surface area contributed by atoms with Gasteiger partial charge < -0.3 is 15.0 Å². The summed E-state index contributed by atoms with van der Waals surface area (Å²) in [6, 6.07) is 13.0. The van der Waals surface area contributed by atoms with Crippen molar-refractivity contribution in [3.63, 3.8) is 0 Å². The van der Waals surface area contributed by atoms with E-state index < -0.39 is 0 Å². The minimum absolute atomic E-state index is 0.106. The van der Waals surface area contributed by atoms with Crippen LogP contribution >= 0.6 is 0 Å². The molecule has 1 atom stereocenters. The first-order valence-corrected chi connectivity index (χ1v) is 7.71. The number of nitrogens with one attached hydrogen (secondary N) is 1. The van der Waals surface area contributed by atoms with Crippen LogP contribution in [0.2, 0.25) is 0 Å². The van der Waals surface area contributed by atoms with Crippen LogP contribution in [0, 0.1) is 17.0 Å². The molecule has 2 aromatic rings. The first-order valence-electron chi connectivity index (χ1n) is 7.71. The molecule has 0 heterocycles. The number of hydrogen-bond donors (Lipinski definition) is 1. The summed E-state index contributed by atoms with van der Waals surface area (Å²) in [6.45, 7) is 2.55. The van der Waals surface area contributed by atoms with Gasteiger partial charge in [0.1, 0.15) is 5.75 Å². The van der Waals surface area contributed by atoms with Gasteiger partial charge in [0.2, 0.25) is 0 Å². The highest BCUT2D eigenvalue weighted by molar-refractivity contribution is 5.55. The van der Waals surface area contributed by atoms with Crippen LogP contribution in [0.5, 0.6) is 5.75 Å². The van der Waals surface area contributed by atoms with Gasteiger partial charge in [0, 0.05) is 24.4 Å². The summed E-state index contributed by atoms with van der Waals surface area (Å²) in [7, 11) is 5.70. The number of benzene rings is 2. The molecule has 2 aromatic carbocycles. The zero-order chi connectivity index (χ0) is 17.7. The average molecular weight is 329 g/mol. The van der Waals surface area contributed by atoms with Crippen molar-refractivity contribution in [2.45, 2.75) is 13.0 Å². The lowest BCUT2D eigenvalue weighted by Gasteiger charge is -2.26. The smallest absolute Gasteiger partial charge is 0.269 e. The van der Waals surface area contributed by atoms with Crippen LogP contribution in [0.4, 0.5) is 11.4 Å². The van der Waals surface area contributed by atoms with Crippen LogP contribution in [0.1, 0.15) is 17.2 Å². The van der Waals surface area contributed by atoms with Crippen molar-refractivity contribution < 1.29 is 9.66 Å². The van der Waals surface area contributed by atoms with Gasteiger partial charge in [0.05, 0.1) is 18.1 Å². The lowest BCUT2D eigenvalue weighted by atomic mass is 10.0. The Hall–Kier alpha value is -2.60. The number of non-ortho nitro benzene ring substituents is 1. The van der Waals surface area contributed by atoms with Gasteiger partial charge in [-0.3, -0.25) is 10.1 Å². The molecule has 0 aliphatic carbocycles. The Labute approximate surface area is 142 Å². The van der Waals surface area contributed by atoms with Crippen LogP contribution in [0.25, 0.3) is 0 Å². The van der Waals surface area contributed by atoms with E-state index >= 15 is 0 Å². The molecular formula is C18H23N3O3. The largest absolute Gasteiger partial charge is 0.497 e. The average Bonchev–Trinajstić information content (AvgIpc) is 2.56. The number of anilines is 1. The third-order valence-corrected chi connectivity index (χ3v) is 4.01. The lowest BCUT2D eigenvalue weighted by Crippen LogP contribution is -2.27. The van der Waals surface area contributed by atoms with E-state index in [1.54, 1.807) is 19.2 Å². The fourth-order valence-electron chi connectivity index (χ4n) is 2.61. The SMILES string of the molecule is COc1cccc(C(CNc2ccc([N+](=O)[O-])cc2C)N(C)C)c1. The molecule has 0 radical (unpaired) electrons. The van der Waals surface area contributed by atoms with Crippen molar-refractivity contribution in [3.8, 4) is 5.75 Å². The second kappa shape index (κ2) is 7.79. The minimum atomic E-state index is -0.379. The molecule has 24 heavy (non-hydrogen) atoms. The summed E-state index contributed by atoms with van der Waals surface area (Å²) in [5.41, 5.74) is 3.00. The van der Waals surface area contributed by atoms with Gasteiger partial charge in [0.15, 0.2) is 0 Å². The van der Waals surface area contributed by atoms with Gasteiger partial charge in [-0.05, 0) is 50.3 Å². The van der Waals surface area contributed by atoms with E-state index in [0.717, 1.165) is 22.6 Å². The second-order valence-corrected chi connectivity index (χ2v) is 5.89. The van der Waals surface area contributed by atoms with Crippen LogP contribution in [0.15, 0.2) is 42.5 Å². The summed E-state index contributed by atoms with van der Waals surface area (Å²) in [6.07, 6.45) is 0. The van der Waals surface area contributed by atoms with Crippen molar-refractivity contribution in [3.05, 3.63) is 63.7 Å². The molecule has 1 unspecified atom stereocenters. The summed E-state index contributed by atoms with van der Waals surface area (Å²) in [5.74, 6) is 0.825. The number of hydrogen-bond acceptors (Lipinski definition) is 5. The second-order valence-electron chi connectivity index (χ2n) is 5.89. The van der Waals surface area contributed by atoms with Gasteiger partial charge in [0.25, 0.3) is 5.69 Å². The molecule has 1 N–H and O–H groups in total. The number of nitrogens with zero attached hydrogens (tertiary/aromatic N) is 2. The summed E-state index contributed by atoms with van der Waals surface area (Å²) in [5, 5.41) is 14.2. The molecule has 128 valence electrons. The molecule has 0 aliphatic rings. The van der Waals surface area contributed by atoms with Gasteiger partial charge in [-0.1, -0.05) is 12.1 Å². The number of nitro benzene ring substituents is 1. The van der Waals surface area contributed by atoms with E-state index in [1.165, 1.54) is 6.07 Å². The summed E-state index contributed by atoms with van der Waals surface area (Å²) in [4.78, 5) is 12.6. The number of nitro groups is 1. The Morgan fingerprint density at radius 1 is 1.25 bits per heavy atom. The topological polar surface area (TPSA) is 67.6 Å². The van der Waals surface area contributed by atoms with E-state index in [9.17, 15) is 10.1 Å². The van der Waals surface area contributed by atoms with Crippen molar-refractivity contribution >= 4 is 11.4 Å². The normalized spacial score (nSPS) is 12.0. The van der Waals surface area contributed by atoms with Crippen molar-refractivity contribution in [1.82, 2.24) is 4.90 Å². The Kier molecular flexibility index (Phi) is 5.76. The number of aryl methyl sites for hydroxylation is 1. The van der Waals surface area contributed by atoms with Crippen LogP contribution in [-0.2, 0) is 0 Å². The minimum Gasteiger partial charge on any atom is -0.497 e. The zero-order valence-electron chi connectivity index (χ0n) is 14.4. The quantitative estimate of drug-likeness (QED) is 0.620. The molecule has 0 fully saturated rings. The van der Waals surface area contributed by atoms with E-state index in [-0.39, 0.29) is 16.7 Å². The number of methoxy groups -OCH3 is 1. The fraction of sp³-hybridized carbons (Fsp3) is 0.333.